The molecule has 25 heavy (non-hydrogen) atoms. The molecule has 1 aliphatic heterocycles. The van der Waals surface area contributed by atoms with Gasteiger partial charge in [-0.2, -0.15) is 0 Å². The van der Waals surface area contributed by atoms with E-state index >= 15 is 0 Å². The van der Waals surface area contributed by atoms with E-state index in [2.05, 4.69) is 10.6 Å². The molecule has 0 saturated heterocycles. The van der Waals surface area contributed by atoms with E-state index in [4.69, 9.17) is 4.74 Å². The number of rotatable bonds is 4. The molecule has 0 saturated carbocycles. The van der Waals surface area contributed by atoms with Crippen LogP contribution >= 0.6 is 0 Å². The van der Waals surface area contributed by atoms with E-state index in [9.17, 15) is 19.3 Å². The summed E-state index contributed by atoms with van der Waals surface area (Å²) in [7, 11) is 1.45. The molecule has 0 spiro atoms. The summed E-state index contributed by atoms with van der Waals surface area (Å²) < 4.78 is 19.1. The van der Waals surface area contributed by atoms with E-state index in [-0.39, 0.29) is 23.0 Å². The van der Waals surface area contributed by atoms with Crippen molar-refractivity contribution in [2.45, 2.75) is 12.5 Å². The van der Waals surface area contributed by atoms with E-state index in [1.165, 1.54) is 37.4 Å². The van der Waals surface area contributed by atoms with Gasteiger partial charge in [0.1, 0.15) is 17.3 Å². The summed E-state index contributed by atoms with van der Waals surface area (Å²) in [5, 5.41) is 16.9. The highest BCUT2D eigenvalue weighted by Gasteiger charge is 2.25. The Bertz CT molecular complexity index is 841. The number of carbonyl (C=O) groups is 1. The molecule has 1 aliphatic rings. The van der Waals surface area contributed by atoms with Crippen LogP contribution in [0.2, 0.25) is 0 Å². The zero-order valence-corrected chi connectivity index (χ0v) is 13.4. The van der Waals surface area contributed by atoms with E-state index < -0.39 is 16.6 Å². The molecule has 2 aromatic rings. The third kappa shape index (κ3) is 3.37. The zero-order chi connectivity index (χ0) is 18.0. The van der Waals surface area contributed by atoms with Crippen molar-refractivity contribution in [3.63, 3.8) is 0 Å². The molecule has 3 rings (SSSR count). The molecular formula is C17H16FN3O4. The van der Waals surface area contributed by atoms with Crippen molar-refractivity contribution in [2.24, 2.45) is 0 Å². The molecule has 0 aromatic heterocycles. The topological polar surface area (TPSA) is 93.5 Å². The summed E-state index contributed by atoms with van der Waals surface area (Å²) in [6.07, 6.45) is 0.533. The van der Waals surface area contributed by atoms with Crippen molar-refractivity contribution in [3.05, 3.63) is 63.5 Å². The normalized spacial score (nSPS) is 15.7. The number of benzene rings is 2. The molecule has 0 bridgehead atoms. The number of carbonyl (C=O) groups excluding carboxylic acids is 1. The molecule has 0 radical (unpaired) electrons. The number of fused-ring (bicyclic) bond motifs is 1. The fourth-order valence-corrected chi connectivity index (χ4v) is 2.79. The highest BCUT2D eigenvalue weighted by atomic mass is 19.1. The summed E-state index contributed by atoms with van der Waals surface area (Å²) in [6, 6.07) is 8.08. The molecule has 130 valence electrons. The average molecular weight is 345 g/mol. The summed E-state index contributed by atoms with van der Waals surface area (Å²) in [5.74, 6) is -0.261. The minimum Gasteiger partial charge on any atom is -0.493 e. The summed E-state index contributed by atoms with van der Waals surface area (Å²) in [5.41, 5.74) is 0.847. The van der Waals surface area contributed by atoms with Gasteiger partial charge in [0.15, 0.2) is 0 Å². The number of anilines is 1. The van der Waals surface area contributed by atoms with Crippen molar-refractivity contribution in [3.8, 4) is 5.75 Å². The molecule has 1 amide bonds. The molecule has 1 atom stereocenters. The van der Waals surface area contributed by atoms with Gasteiger partial charge in [-0.15, -0.1) is 0 Å². The maximum atomic E-state index is 13.6. The van der Waals surface area contributed by atoms with E-state index in [1.807, 2.05) is 0 Å². The Labute approximate surface area is 143 Å². The van der Waals surface area contributed by atoms with Gasteiger partial charge in [0, 0.05) is 30.7 Å². The first-order chi connectivity index (χ1) is 12.0. The molecule has 7 nitrogen and oxygen atoms in total. The van der Waals surface area contributed by atoms with Gasteiger partial charge in [-0.05, 0) is 30.3 Å². The standard InChI is InChI=1S/C17H16FN3O4/c1-19-17(22)10-2-4-14(15(8-10)21(23)24)20-13-6-7-25-16-5-3-11(18)9-12(13)16/h2-5,8-9,13,20H,6-7H2,1H3,(H,19,22). The summed E-state index contributed by atoms with van der Waals surface area (Å²) in [4.78, 5) is 22.5. The molecule has 8 heteroatoms. The number of nitrogens with one attached hydrogen (secondary N) is 2. The predicted molar refractivity (Wildman–Crippen MR) is 89.4 cm³/mol. The lowest BCUT2D eigenvalue weighted by molar-refractivity contribution is -0.384. The second-order valence-electron chi connectivity index (χ2n) is 5.58. The van der Waals surface area contributed by atoms with Gasteiger partial charge >= 0.3 is 0 Å². The molecule has 2 N–H and O–H groups in total. The quantitative estimate of drug-likeness (QED) is 0.656. The molecule has 0 aliphatic carbocycles. The van der Waals surface area contributed by atoms with Crippen molar-refractivity contribution in [1.29, 1.82) is 0 Å². The maximum absolute atomic E-state index is 13.6. The fourth-order valence-electron chi connectivity index (χ4n) is 2.79. The number of nitro benzene ring substituents is 1. The van der Waals surface area contributed by atoms with Gasteiger partial charge in [0.05, 0.1) is 17.6 Å². The first-order valence-corrected chi connectivity index (χ1v) is 7.69. The van der Waals surface area contributed by atoms with Crippen molar-refractivity contribution in [1.82, 2.24) is 5.32 Å². The number of ether oxygens (including phenoxy) is 1. The lowest BCUT2D eigenvalue weighted by atomic mass is 9.99. The summed E-state index contributed by atoms with van der Waals surface area (Å²) >= 11 is 0. The van der Waals surface area contributed by atoms with Crippen LogP contribution < -0.4 is 15.4 Å². The highest BCUT2D eigenvalue weighted by Crippen LogP contribution is 2.37. The smallest absolute Gasteiger partial charge is 0.293 e. The van der Waals surface area contributed by atoms with Crippen LogP contribution in [-0.4, -0.2) is 24.5 Å². The zero-order valence-electron chi connectivity index (χ0n) is 13.4. The number of nitro groups is 1. The third-order valence-corrected chi connectivity index (χ3v) is 4.02. The first-order valence-electron chi connectivity index (χ1n) is 7.69. The minimum atomic E-state index is -0.555. The van der Waals surface area contributed by atoms with Gasteiger partial charge in [-0.25, -0.2) is 4.39 Å². The number of hydrogen-bond donors (Lipinski definition) is 2. The second kappa shape index (κ2) is 6.76. The molecule has 2 aromatic carbocycles. The van der Waals surface area contributed by atoms with Gasteiger partial charge in [-0.1, -0.05) is 0 Å². The van der Waals surface area contributed by atoms with Gasteiger partial charge in [0.2, 0.25) is 0 Å². The SMILES string of the molecule is CNC(=O)c1ccc(NC2CCOc3ccc(F)cc32)c([N+](=O)[O-])c1. The van der Waals surface area contributed by atoms with Crippen LogP contribution in [0.1, 0.15) is 28.4 Å². The molecule has 1 heterocycles. The third-order valence-electron chi connectivity index (χ3n) is 4.02. The number of nitrogens with zero attached hydrogens (tertiary/aromatic N) is 1. The number of amides is 1. The minimum absolute atomic E-state index is 0.193. The Kier molecular flexibility index (Phi) is 4.51. The van der Waals surface area contributed by atoms with E-state index in [1.54, 1.807) is 6.07 Å². The molecule has 1 unspecified atom stereocenters. The van der Waals surface area contributed by atoms with Gasteiger partial charge in [-0.3, -0.25) is 14.9 Å². The fraction of sp³-hybridized carbons (Fsp3) is 0.235. The van der Waals surface area contributed by atoms with Crippen LogP contribution in [-0.2, 0) is 0 Å². The lowest BCUT2D eigenvalue weighted by Crippen LogP contribution is -2.21. The van der Waals surface area contributed by atoms with Crippen molar-refractivity contribution >= 4 is 17.3 Å². The Hall–Kier alpha value is -3.16. The van der Waals surface area contributed by atoms with Crippen LogP contribution in [0.4, 0.5) is 15.8 Å². The van der Waals surface area contributed by atoms with Crippen LogP contribution in [0.25, 0.3) is 0 Å². The largest absolute Gasteiger partial charge is 0.493 e. The van der Waals surface area contributed by atoms with Crippen LogP contribution in [0, 0.1) is 15.9 Å². The van der Waals surface area contributed by atoms with Crippen molar-refractivity contribution < 1.29 is 18.8 Å². The average Bonchev–Trinajstić information content (AvgIpc) is 2.61. The monoisotopic (exact) mass is 345 g/mol. The van der Waals surface area contributed by atoms with Crippen LogP contribution in [0.5, 0.6) is 5.75 Å². The van der Waals surface area contributed by atoms with E-state index in [0.717, 1.165) is 0 Å². The van der Waals surface area contributed by atoms with Crippen molar-refractivity contribution in [2.75, 3.05) is 19.0 Å². The first kappa shape index (κ1) is 16.7. The second-order valence-corrected chi connectivity index (χ2v) is 5.58. The molecule has 0 fully saturated rings. The predicted octanol–water partition coefficient (Wildman–Crippen LogP) is 3.03. The van der Waals surface area contributed by atoms with Crippen LogP contribution in [0.3, 0.4) is 0 Å². The Morgan fingerprint density at radius 1 is 1.32 bits per heavy atom. The Balaban J connectivity index is 1.95. The summed E-state index contributed by atoms with van der Waals surface area (Å²) in [6.45, 7) is 0.417. The maximum Gasteiger partial charge on any atom is 0.293 e. The lowest BCUT2D eigenvalue weighted by Gasteiger charge is -2.27. The number of halogens is 1. The van der Waals surface area contributed by atoms with Gasteiger partial charge in [0.25, 0.3) is 11.6 Å². The number of hydrogen-bond acceptors (Lipinski definition) is 5. The highest BCUT2D eigenvalue weighted by molar-refractivity contribution is 5.95. The van der Waals surface area contributed by atoms with E-state index in [0.29, 0.717) is 24.3 Å². The Morgan fingerprint density at radius 2 is 2.12 bits per heavy atom. The Morgan fingerprint density at radius 3 is 2.84 bits per heavy atom. The molecular weight excluding hydrogens is 329 g/mol. The van der Waals surface area contributed by atoms with Gasteiger partial charge < -0.3 is 15.4 Å². The van der Waals surface area contributed by atoms with Crippen LogP contribution in [0.15, 0.2) is 36.4 Å².